The van der Waals surface area contributed by atoms with E-state index in [-0.39, 0.29) is 13.2 Å². The van der Waals surface area contributed by atoms with Crippen molar-refractivity contribution in [1.29, 1.82) is 0 Å². The molecule has 0 saturated heterocycles. The van der Waals surface area contributed by atoms with Gasteiger partial charge < -0.3 is 20.5 Å². The van der Waals surface area contributed by atoms with Gasteiger partial charge in [-0.2, -0.15) is 0 Å². The van der Waals surface area contributed by atoms with Crippen molar-refractivity contribution in [2.75, 3.05) is 13.7 Å². The molecule has 1 unspecified atom stereocenters. The summed E-state index contributed by atoms with van der Waals surface area (Å²) in [6, 6.07) is 9.33. The predicted molar refractivity (Wildman–Crippen MR) is 82.9 cm³/mol. The van der Waals surface area contributed by atoms with Gasteiger partial charge in [-0.05, 0) is 26.3 Å². The van der Waals surface area contributed by atoms with Crippen molar-refractivity contribution in [1.82, 2.24) is 5.32 Å². The highest BCUT2D eigenvalue weighted by Crippen LogP contribution is 2.14. The average molecular weight is 308 g/mol. The maximum atomic E-state index is 12.3. The number of rotatable bonds is 6. The van der Waals surface area contributed by atoms with Crippen LogP contribution in [0, 0.1) is 0 Å². The molecule has 0 heterocycles. The zero-order valence-corrected chi connectivity index (χ0v) is 13.5. The van der Waals surface area contributed by atoms with Crippen LogP contribution in [-0.4, -0.2) is 36.7 Å². The third kappa shape index (κ3) is 5.13. The smallest absolute Gasteiger partial charge is 0.338 e. The molecule has 22 heavy (non-hydrogen) atoms. The Balaban J connectivity index is 2.79. The van der Waals surface area contributed by atoms with Crippen LogP contribution in [0.5, 0.6) is 0 Å². The summed E-state index contributed by atoms with van der Waals surface area (Å²) < 4.78 is 10.2. The molecular formula is C16H24N2O4. The van der Waals surface area contributed by atoms with Crippen LogP contribution >= 0.6 is 0 Å². The summed E-state index contributed by atoms with van der Waals surface area (Å²) in [5.41, 5.74) is 4.24. The molecule has 122 valence electrons. The van der Waals surface area contributed by atoms with E-state index in [0.29, 0.717) is 0 Å². The SMILES string of the molecule is COCC(N)(C(=O)NCc1ccccc1)C(=O)OC(C)(C)C. The quantitative estimate of drug-likeness (QED) is 0.604. The van der Waals surface area contributed by atoms with Gasteiger partial charge in [-0.25, -0.2) is 4.79 Å². The Morgan fingerprint density at radius 3 is 2.27 bits per heavy atom. The minimum Gasteiger partial charge on any atom is -0.458 e. The first-order valence-electron chi connectivity index (χ1n) is 7.02. The van der Waals surface area contributed by atoms with E-state index in [4.69, 9.17) is 15.2 Å². The number of hydrogen-bond donors (Lipinski definition) is 2. The highest BCUT2D eigenvalue weighted by molar-refractivity contribution is 6.07. The van der Waals surface area contributed by atoms with Crippen LogP contribution < -0.4 is 11.1 Å². The minimum atomic E-state index is -1.88. The third-order valence-electron chi connectivity index (χ3n) is 2.84. The third-order valence-corrected chi connectivity index (χ3v) is 2.84. The van der Waals surface area contributed by atoms with E-state index in [0.717, 1.165) is 5.56 Å². The molecule has 0 spiro atoms. The van der Waals surface area contributed by atoms with Crippen LogP contribution in [0.2, 0.25) is 0 Å². The molecule has 0 bridgehead atoms. The summed E-state index contributed by atoms with van der Waals surface area (Å²) in [6.07, 6.45) is 0. The Morgan fingerprint density at radius 1 is 1.18 bits per heavy atom. The van der Waals surface area contributed by atoms with Crippen molar-refractivity contribution in [3.8, 4) is 0 Å². The summed E-state index contributed by atoms with van der Waals surface area (Å²) >= 11 is 0. The molecule has 6 nitrogen and oxygen atoms in total. The molecule has 0 saturated carbocycles. The molecule has 0 aromatic heterocycles. The van der Waals surface area contributed by atoms with Crippen LogP contribution in [0.1, 0.15) is 26.3 Å². The molecule has 0 aliphatic carbocycles. The average Bonchev–Trinajstić information content (AvgIpc) is 2.44. The van der Waals surface area contributed by atoms with Gasteiger partial charge in [0.2, 0.25) is 5.54 Å². The first-order valence-corrected chi connectivity index (χ1v) is 7.02. The number of nitrogens with one attached hydrogen (secondary N) is 1. The van der Waals surface area contributed by atoms with Crippen molar-refractivity contribution in [2.45, 2.75) is 38.5 Å². The standard InChI is InChI=1S/C16H24N2O4/c1-15(2,3)22-14(20)16(17,11-21-4)13(19)18-10-12-8-6-5-7-9-12/h5-9H,10-11,17H2,1-4H3,(H,18,19). The molecule has 0 aliphatic rings. The summed E-state index contributed by atoms with van der Waals surface area (Å²) in [4.78, 5) is 24.6. The zero-order chi connectivity index (χ0) is 16.8. The Bertz CT molecular complexity index is 511. The lowest BCUT2D eigenvalue weighted by molar-refractivity contribution is -0.166. The van der Waals surface area contributed by atoms with Crippen LogP contribution in [0.25, 0.3) is 0 Å². The van der Waals surface area contributed by atoms with Gasteiger partial charge in [0.05, 0.1) is 6.61 Å². The first kappa shape index (κ1) is 18.1. The van der Waals surface area contributed by atoms with Gasteiger partial charge in [-0.3, -0.25) is 4.79 Å². The van der Waals surface area contributed by atoms with E-state index in [1.54, 1.807) is 20.8 Å². The van der Waals surface area contributed by atoms with E-state index in [1.165, 1.54) is 7.11 Å². The highest BCUT2D eigenvalue weighted by Gasteiger charge is 2.45. The second-order valence-electron chi connectivity index (χ2n) is 6.07. The molecule has 1 rings (SSSR count). The predicted octanol–water partition coefficient (Wildman–Crippen LogP) is 0.988. The summed E-state index contributed by atoms with van der Waals surface area (Å²) in [6.45, 7) is 5.13. The van der Waals surface area contributed by atoms with Crippen LogP contribution in [0.4, 0.5) is 0 Å². The molecule has 3 N–H and O–H groups in total. The number of carbonyl (C=O) groups is 2. The summed E-state index contributed by atoms with van der Waals surface area (Å²) in [5.74, 6) is -1.44. The number of amides is 1. The molecule has 1 amide bonds. The molecule has 1 aromatic carbocycles. The van der Waals surface area contributed by atoms with Gasteiger partial charge in [-0.1, -0.05) is 30.3 Å². The maximum Gasteiger partial charge on any atom is 0.338 e. The van der Waals surface area contributed by atoms with Crippen LogP contribution in [-0.2, 0) is 25.6 Å². The molecule has 6 heteroatoms. The van der Waals surface area contributed by atoms with E-state index < -0.39 is 23.0 Å². The van der Waals surface area contributed by atoms with Crippen molar-refractivity contribution < 1.29 is 19.1 Å². The monoisotopic (exact) mass is 308 g/mol. The van der Waals surface area contributed by atoms with E-state index in [9.17, 15) is 9.59 Å². The molecule has 0 radical (unpaired) electrons. The number of esters is 1. The number of methoxy groups -OCH3 is 1. The fraction of sp³-hybridized carbons (Fsp3) is 0.500. The van der Waals surface area contributed by atoms with E-state index >= 15 is 0 Å². The van der Waals surface area contributed by atoms with Crippen LogP contribution in [0.15, 0.2) is 30.3 Å². The number of benzene rings is 1. The minimum absolute atomic E-state index is 0.261. The van der Waals surface area contributed by atoms with E-state index in [2.05, 4.69) is 5.32 Å². The number of carbonyl (C=O) groups excluding carboxylic acids is 2. The largest absolute Gasteiger partial charge is 0.458 e. The second kappa shape index (κ2) is 7.38. The van der Waals surface area contributed by atoms with Crippen molar-refractivity contribution >= 4 is 11.9 Å². The second-order valence-corrected chi connectivity index (χ2v) is 6.07. The van der Waals surface area contributed by atoms with Crippen molar-refractivity contribution in [3.05, 3.63) is 35.9 Å². The number of nitrogens with two attached hydrogens (primary N) is 1. The van der Waals surface area contributed by atoms with Gasteiger partial charge in [0, 0.05) is 13.7 Å². The van der Waals surface area contributed by atoms with Crippen molar-refractivity contribution in [3.63, 3.8) is 0 Å². The number of hydrogen-bond acceptors (Lipinski definition) is 5. The Labute approximate surface area is 131 Å². The lowest BCUT2D eigenvalue weighted by atomic mass is 10.0. The van der Waals surface area contributed by atoms with Crippen molar-refractivity contribution in [2.24, 2.45) is 5.73 Å². The molecule has 1 aromatic rings. The van der Waals surface area contributed by atoms with Gasteiger partial charge in [-0.15, -0.1) is 0 Å². The maximum absolute atomic E-state index is 12.3. The summed E-state index contributed by atoms with van der Waals surface area (Å²) in [5, 5.41) is 2.65. The van der Waals surface area contributed by atoms with Gasteiger partial charge in [0.25, 0.3) is 5.91 Å². The topological polar surface area (TPSA) is 90.6 Å². The Kier molecular flexibility index (Phi) is 6.08. The first-order chi connectivity index (χ1) is 10.2. The fourth-order valence-corrected chi connectivity index (χ4v) is 1.75. The van der Waals surface area contributed by atoms with Gasteiger partial charge in [0.15, 0.2) is 0 Å². The van der Waals surface area contributed by atoms with Gasteiger partial charge in [0.1, 0.15) is 5.60 Å². The Morgan fingerprint density at radius 2 is 1.77 bits per heavy atom. The normalized spacial score (nSPS) is 14.0. The fourth-order valence-electron chi connectivity index (χ4n) is 1.75. The number of ether oxygens (including phenoxy) is 2. The lowest BCUT2D eigenvalue weighted by Crippen LogP contribution is -2.63. The van der Waals surface area contributed by atoms with E-state index in [1.807, 2.05) is 30.3 Å². The zero-order valence-electron chi connectivity index (χ0n) is 13.5. The molecule has 0 fully saturated rings. The molecular weight excluding hydrogens is 284 g/mol. The molecule has 1 atom stereocenters. The van der Waals surface area contributed by atoms with Crippen LogP contribution in [0.3, 0.4) is 0 Å². The molecule has 0 aliphatic heterocycles. The van der Waals surface area contributed by atoms with Gasteiger partial charge >= 0.3 is 5.97 Å². The Hall–Kier alpha value is -1.92. The lowest BCUT2D eigenvalue weighted by Gasteiger charge is -2.29. The summed E-state index contributed by atoms with van der Waals surface area (Å²) in [7, 11) is 1.37. The highest BCUT2D eigenvalue weighted by atomic mass is 16.6.